The minimum atomic E-state index is -0.489. The number of benzene rings is 3. The summed E-state index contributed by atoms with van der Waals surface area (Å²) in [7, 11) is 1.39. The normalized spacial score (nSPS) is 16.5. The number of hydrogen-bond donors (Lipinski definition) is 0. The number of thiazole rings is 1. The van der Waals surface area contributed by atoms with E-state index in [1.807, 2.05) is 36.4 Å². The van der Waals surface area contributed by atoms with Crippen molar-refractivity contribution in [1.29, 1.82) is 0 Å². The molecule has 1 aromatic heterocycles. The lowest BCUT2D eigenvalue weighted by atomic mass is 9.83. The summed E-state index contributed by atoms with van der Waals surface area (Å²) in [4.78, 5) is 30.5. The van der Waals surface area contributed by atoms with Gasteiger partial charge < -0.3 is 4.74 Å². The van der Waals surface area contributed by atoms with Crippen LogP contribution in [0.5, 0.6) is 5.75 Å². The first kappa shape index (κ1) is 23.6. The molecule has 2 heterocycles. The maximum absolute atomic E-state index is 13.8. The molecule has 0 bridgehead atoms. The van der Waals surface area contributed by atoms with Gasteiger partial charge in [-0.25, -0.2) is 4.99 Å². The number of fused-ring (bicyclic) bond motifs is 3. The van der Waals surface area contributed by atoms with Crippen LogP contribution < -0.4 is 19.6 Å². The Balaban J connectivity index is 1.58. The fraction of sp³-hybridized carbons (Fsp3) is 0.143. The standard InChI is InChI=1S/C28H20BrN3O4S/c1-36-23-13-6-16(14-22(23)32(34)35)15-24-27(33)31-26(18-7-10-19(29)11-8-18)21-12-9-17-4-2-3-5-20(17)25(21)30-28(31)37-24/h2-8,10-11,13-15,26H,9,12H2,1H3. The molecule has 2 aliphatic rings. The number of ether oxygens (including phenoxy) is 1. The molecular formula is C28H20BrN3O4S. The highest BCUT2D eigenvalue weighted by Gasteiger charge is 2.32. The predicted octanol–water partition coefficient (Wildman–Crippen LogP) is 5.00. The molecule has 1 atom stereocenters. The van der Waals surface area contributed by atoms with Gasteiger partial charge >= 0.3 is 5.69 Å². The second kappa shape index (κ2) is 9.24. The van der Waals surface area contributed by atoms with Gasteiger partial charge in [-0.3, -0.25) is 19.5 Å². The first-order chi connectivity index (χ1) is 17.9. The van der Waals surface area contributed by atoms with Crippen molar-refractivity contribution in [2.24, 2.45) is 4.99 Å². The van der Waals surface area contributed by atoms with Gasteiger partial charge in [0.2, 0.25) is 0 Å². The summed E-state index contributed by atoms with van der Waals surface area (Å²) in [5.74, 6) is 0.171. The van der Waals surface area contributed by atoms with Crippen molar-refractivity contribution in [3.63, 3.8) is 0 Å². The maximum Gasteiger partial charge on any atom is 0.311 e. The fourth-order valence-electron chi connectivity index (χ4n) is 5.06. The molecule has 1 aliphatic heterocycles. The molecule has 6 rings (SSSR count). The second-order valence-electron chi connectivity index (χ2n) is 8.85. The summed E-state index contributed by atoms with van der Waals surface area (Å²) in [6.07, 6.45) is 3.38. The van der Waals surface area contributed by atoms with E-state index in [9.17, 15) is 14.9 Å². The minimum absolute atomic E-state index is 0.149. The number of nitro groups is 1. The maximum atomic E-state index is 13.8. The molecule has 7 nitrogen and oxygen atoms in total. The average molecular weight is 574 g/mol. The number of methoxy groups -OCH3 is 1. The summed E-state index contributed by atoms with van der Waals surface area (Å²) < 4.78 is 8.31. The molecule has 0 spiro atoms. The van der Waals surface area contributed by atoms with Crippen molar-refractivity contribution >= 4 is 44.7 Å². The third kappa shape index (κ3) is 4.04. The Morgan fingerprint density at radius 3 is 2.68 bits per heavy atom. The summed E-state index contributed by atoms with van der Waals surface area (Å²) >= 11 is 4.81. The Labute approximate surface area is 224 Å². The Morgan fingerprint density at radius 1 is 1.14 bits per heavy atom. The van der Waals surface area contributed by atoms with Crippen LogP contribution in [-0.4, -0.2) is 16.6 Å². The SMILES string of the molecule is COc1ccc(C=c2sc3n(c2=O)C(c2ccc(Br)cc2)C2=C(N=3)c3ccccc3CC2)cc1[N+](=O)[O-]. The van der Waals surface area contributed by atoms with Gasteiger partial charge in [-0.1, -0.05) is 69.7 Å². The van der Waals surface area contributed by atoms with Crippen molar-refractivity contribution in [1.82, 2.24) is 4.57 Å². The van der Waals surface area contributed by atoms with Crippen LogP contribution in [0.25, 0.3) is 11.8 Å². The zero-order valence-corrected chi connectivity index (χ0v) is 22.1. The molecule has 0 radical (unpaired) electrons. The van der Waals surface area contributed by atoms with Crippen molar-refractivity contribution in [3.8, 4) is 5.75 Å². The fourth-order valence-corrected chi connectivity index (χ4v) is 6.32. The van der Waals surface area contributed by atoms with E-state index in [-0.39, 0.29) is 23.0 Å². The van der Waals surface area contributed by atoms with Crippen LogP contribution in [0.2, 0.25) is 0 Å². The zero-order valence-electron chi connectivity index (χ0n) is 19.7. The number of aromatic nitrogens is 1. The minimum Gasteiger partial charge on any atom is -0.490 e. The van der Waals surface area contributed by atoms with Crippen LogP contribution in [0, 0.1) is 10.1 Å². The molecule has 37 heavy (non-hydrogen) atoms. The van der Waals surface area contributed by atoms with Crippen molar-refractivity contribution in [3.05, 3.63) is 129 Å². The summed E-state index contributed by atoms with van der Waals surface area (Å²) in [6, 6.07) is 20.7. The largest absolute Gasteiger partial charge is 0.490 e. The van der Waals surface area contributed by atoms with Crippen LogP contribution in [0.1, 0.15) is 34.7 Å². The molecule has 0 saturated carbocycles. The molecule has 0 saturated heterocycles. The van der Waals surface area contributed by atoms with Gasteiger partial charge in [0.1, 0.15) is 0 Å². The highest BCUT2D eigenvalue weighted by molar-refractivity contribution is 9.10. The van der Waals surface area contributed by atoms with Crippen LogP contribution in [-0.2, 0) is 6.42 Å². The number of halogens is 1. The number of allylic oxidation sites excluding steroid dienone is 1. The quantitative estimate of drug-likeness (QED) is 0.254. The van der Waals surface area contributed by atoms with Gasteiger partial charge in [0, 0.05) is 16.1 Å². The van der Waals surface area contributed by atoms with E-state index >= 15 is 0 Å². The Hall–Kier alpha value is -3.82. The molecule has 1 aliphatic carbocycles. The lowest BCUT2D eigenvalue weighted by Crippen LogP contribution is -2.38. The van der Waals surface area contributed by atoms with Crippen molar-refractivity contribution < 1.29 is 9.66 Å². The number of nitrogens with zero attached hydrogens (tertiary/aromatic N) is 3. The Bertz CT molecular complexity index is 1790. The monoisotopic (exact) mass is 573 g/mol. The van der Waals surface area contributed by atoms with Crippen LogP contribution >= 0.6 is 27.3 Å². The van der Waals surface area contributed by atoms with Crippen LogP contribution in [0.4, 0.5) is 5.69 Å². The van der Waals surface area contributed by atoms with Crippen molar-refractivity contribution in [2.45, 2.75) is 18.9 Å². The smallest absolute Gasteiger partial charge is 0.311 e. The Morgan fingerprint density at radius 2 is 1.92 bits per heavy atom. The van der Waals surface area contributed by atoms with Gasteiger partial charge in [0.05, 0.1) is 28.3 Å². The molecule has 0 N–H and O–H groups in total. The van der Waals surface area contributed by atoms with Gasteiger partial charge in [-0.15, -0.1) is 0 Å². The van der Waals surface area contributed by atoms with E-state index in [2.05, 4.69) is 28.1 Å². The highest BCUT2D eigenvalue weighted by atomic mass is 79.9. The van der Waals surface area contributed by atoms with Crippen molar-refractivity contribution in [2.75, 3.05) is 7.11 Å². The molecule has 184 valence electrons. The zero-order chi connectivity index (χ0) is 25.7. The molecule has 0 fully saturated rings. The molecule has 0 amide bonds. The first-order valence-electron chi connectivity index (χ1n) is 11.7. The summed E-state index contributed by atoms with van der Waals surface area (Å²) in [5.41, 5.74) is 5.66. The van der Waals surface area contributed by atoms with E-state index in [0.29, 0.717) is 14.9 Å². The lowest BCUT2D eigenvalue weighted by molar-refractivity contribution is -0.385. The van der Waals surface area contributed by atoms with E-state index in [4.69, 9.17) is 9.73 Å². The molecular weight excluding hydrogens is 554 g/mol. The van der Waals surface area contributed by atoms with Crippen LogP contribution in [0.3, 0.4) is 0 Å². The van der Waals surface area contributed by atoms with E-state index < -0.39 is 4.92 Å². The van der Waals surface area contributed by atoms with Gasteiger partial charge in [0.15, 0.2) is 10.6 Å². The lowest BCUT2D eigenvalue weighted by Gasteiger charge is -2.30. The molecule has 3 aromatic carbocycles. The van der Waals surface area contributed by atoms with E-state index in [1.54, 1.807) is 22.8 Å². The molecule has 4 aromatic rings. The Kier molecular flexibility index (Phi) is 5.89. The summed E-state index contributed by atoms with van der Waals surface area (Å²) in [5, 5.41) is 11.5. The van der Waals surface area contributed by atoms with Crippen LogP contribution in [0.15, 0.2) is 86.6 Å². The number of hydrogen-bond acceptors (Lipinski definition) is 6. The third-order valence-corrected chi connectivity index (χ3v) is 8.27. The molecule has 1 unspecified atom stereocenters. The van der Waals surface area contributed by atoms with E-state index in [0.717, 1.165) is 39.7 Å². The number of rotatable bonds is 4. The average Bonchev–Trinajstić information content (AvgIpc) is 3.22. The first-order valence-corrected chi connectivity index (χ1v) is 13.3. The van der Waals surface area contributed by atoms with E-state index in [1.165, 1.54) is 30.1 Å². The topological polar surface area (TPSA) is 86.7 Å². The number of nitro benzene ring substituents is 1. The van der Waals surface area contributed by atoms with Gasteiger partial charge in [-0.05, 0) is 59.4 Å². The third-order valence-electron chi connectivity index (χ3n) is 6.76. The number of aryl methyl sites for hydroxylation is 1. The summed E-state index contributed by atoms with van der Waals surface area (Å²) in [6.45, 7) is 0. The van der Waals surface area contributed by atoms with Gasteiger partial charge in [-0.2, -0.15) is 0 Å². The predicted molar refractivity (Wildman–Crippen MR) is 147 cm³/mol. The highest BCUT2D eigenvalue weighted by Crippen LogP contribution is 2.41. The van der Waals surface area contributed by atoms with Gasteiger partial charge in [0.25, 0.3) is 5.56 Å². The molecule has 9 heteroatoms. The second-order valence-corrected chi connectivity index (χ2v) is 10.8.